The lowest BCUT2D eigenvalue weighted by molar-refractivity contribution is -0.129. The number of esters is 1. The van der Waals surface area contributed by atoms with E-state index in [1.54, 1.807) is 37.5 Å². The SMILES string of the molecule is COc1ccc(C2=NC(=Cc3cccc(OCc4cccc5ccccc45)c3)C(=O)O2)cc1. The summed E-state index contributed by atoms with van der Waals surface area (Å²) in [5.41, 5.74) is 2.87. The topological polar surface area (TPSA) is 57.1 Å². The Hall–Kier alpha value is -4.38. The largest absolute Gasteiger partial charge is 0.497 e. The number of aliphatic imine (C=N–C) groups is 1. The van der Waals surface area contributed by atoms with E-state index < -0.39 is 5.97 Å². The molecular formula is C28H21NO4. The zero-order valence-electron chi connectivity index (χ0n) is 18.0. The van der Waals surface area contributed by atoms with Crippen LogP contribution in [0.2, 0.25) is 0 Å². The van der Waals surface area contributed by atoms with E-state index in [9.17, 15) is 4.79 Å². The molecule has 33 heavy (non-hydrogen) atoms. The molecule has 0 spiro atoms. The van der Waals surface area contributed by atoms with Gasteiger partial charge in [0.05, 0.1) is 7.11 Å². The lowest BCUT2D eigenvalue weighted by Gasteiger charge is -2.09. The first-order valence-electron chi connectivity index (χ1n) is 10.6. The minimum atomic E-state index is -0.483. The summed E-state index contributed by atoms with van der Waals surface area (Å²) >= 11 is 0. The van der Waals surface area contributed by atoms with E-state index in [1.807, 2.05) is 42.5 Å². The second-order valence-corrected chi connectivity index (χ2v) is 7.56. The van der Waals surface area contributed by atoms with Crippen LogP contribution in [0.3, 0.4) is 0 Å². The summed E-state index contributed by atoms with van der Waals surface area (Å²) in [6.07, 6.45) is 1.70. The van der Waals surface area contributed by atoms with Gasteiger partial charge in [0.15, 0.2) is 5.70 Å². The Labute approximate surface area is 191 Å². The van der Waals surface area contributed by atoms with Crippen molar-refractivity contribution in [1.82, 2.24) is 0 Å². The number of carbonyl (C=O) groups is 1. The predicted octanol–water partition coefficient (Wildman–Crippen LogP) is 5.77. The van der Waals surface area contributed by atoms with Gasteiger partial charge in [-0.2, -0.15) is 0 Å². The van der Waals surface area contributed by atoms with Crippen LogP contribution in [-0.4, -0.2) is 19.0 Å². The molecule has 4 aromatic rings. The highest BCUT2D eigenvalue weighted by molar-refractivity contribution is 6.12. The summed E-state index contributed by atoms with van der Waals surface area (Å²) in [5.74, 6) is 1.22. The van der Waals surface area contributed by atoms with Gasteiger partial charge in [0.2, 0.25) is 5.90 Å². The zero-order chi connectivity index (χ0) is 22.6. The summed E-state index contributed by atoms with van der Waals surface area (Å²) in [7, 11) is 1.60. The van der Waals surface area contributed by atoms with Gasteiger partial charge in [-0.25, -0.2) is 9.79 Å². The third-order valence-electron chi connectivity index (χ3n) is 5.39. The molecule has 0 saturated carbocycles. The molecule has 0 aliphatic carbocycles. The molecule has 162 valence electrons. The van der Waals surface area contributed by atoms with Gasteiger partial charge in [-0.3, -0.25) is 0 Å². The van der Waals surface area contributed by atoms with Crippen LogP contribution in [0, 0.1) is 0 Å². The maximum atomic E-state index is 12.3. The number of carbonyl (C=O) groups excluding carboxylic acids is 1. The molecule has 0 amide bonds. The number of rotatable bonds is 6. The van der Waals surface area contributed by atoms with Gasteiger partial charge < -0.3 is 14.2 Å². The number of hydrogen-bond acceptors (Lipinski definition) is 5. The van der Waals surface area contributed by atoms with E-state index >= 15 is 0 Å². The Bertz CT molecular complexity index is 1380. The smallest absolute Gasteiger partial charge is 0.363 e. The second-order valence-electron chi connectivity index (χ2n) is 7.56. The molecule has 0 fully saturated rings. The summed E-state index contributed by atoms with van der Waals surface area (Å²) in [6.45, 7) is 0.448. The second kappa shape index (κ2) is 9.01. The summed E-state index contributed by atoms with van der Waals surface area (Å²) < 4.78 is 16.6. The van der Waals surface area contributed by atoms with Gasteiger partial charge in [-0.15, -0.1) is 0 Å². The van der Waals surface area contributed by atoms with Crippen molar-refractivity contribution in [1.29, 1.82) is 0 Å². The highest BCUT2D eigenvalue weighted by Gasteiger charge is 2.24. The molecule has 1 aliphatic heterocycles. The molecule has 0 saturated heterocycles. The van der Waals surface area contributed by atoms with Crippen molar-refractivity contribution >= 4 is 28.7 Å². The number of ether oxygens (including phenoxy) is 3. The highest BCUT2D eigenvalue weighted by Crippen LogP contribution is 2.24. The van der Waals surface area contributed by atoms with Crippen LogP contribution in [0.15, 0.2) is 102 Å². The number of methoxy groups -OCH3 is 1. The molecular weight excluding hydrogens is 414 g/mol. The molecule has 5 heteroatoms. The van der Waals surface area contributed by atoms with Crippen LogP contribution in [0.25, 0.3) is 16.8 Å². The van der Waals surface area contributed by atoms with Crippen LogP contribution in [0.1, 0.15) is 16.7 Å². The zero-order valence-corrected chi connectivity index (χ0v) is 18.0. The first-order chi connectivity index (χ1) is 16.2. The first-order valence-corrected chi connectivity index (χ1v) is 10.6. The lowest BCUT2D eigenvalue weighted by Crippen LogP contribution is -2.05. The van der Waals surface area contributed by atoms with E-state index in [-0.39, 0.29) is 11.6 Å². The van der Waals surface area contributed by atoms with Crippen molar-refractivity contribution in [2.24, 2.45) is 4.99 Å². The minimum absolute atomic E-state index is 0.243. The molecule has 1 heterocycles. The molecule has 0 radical (unpaired) electrons. The lowest BCUT2D eigenvalue weighted by atomic mass is 10.1. The summed E-state index contributed by atoms with van der Waals surface area (Å²) in [5, 5.41) is 2.36. The van der Waals surface area contributed by atoms with Crippen LogP contribution < -0.4 is 9.47 Å². The summed E-state index contributed by atoms with van der Waals surface area (Å²) in [6, 6.07) is 29.2. The predicted molar refractivity (Wildman–Crippen MR) is 128 cm³/mol. The number of hydrogen-bond donors (Lipinski definition) is 0. The molecule has 0 aromatic heterocycles. The van der Waals surface area contributed by atoms with Gasteiger partial charge in [0, 0.05) is 5.56 Å². The maximum Gasteiger partial charge on any atom is 0.363 e. The van der Waals surface area contributed by atoms with Crippen LogP contribution in [-0.2, 0) is 16.1 Å². The minimum Gasteiger partial charge on any atom is -0.497 e. The maximum absolute atomic E-state index is 12.3. The molecule has 5 rings (SSSR count). The quantitative estimate of drug-likeness (QED) is 0.285. The van der Waals surface area contributed by atoms with Crippen molar-refractivity contribution in [2.75, 3.05) is 7.11 Å². The van der Waals surface area contributed by atoms with Gasteiger partial charge in [0.25, 0.3) is 0 Å². The average molecular weight is 435 g/mol. The monoisotopic (exact) mass is 435 g/mol. The Kier molecular flexibility index (Phi) is 5.60. The molecule has 1 aliphatic rings. The van der Waals surface area contributed by atoms with Gasteiger partial charge in [0.1, 0.15) is 18.1 Å². The Morgan fingerprint density at radius 1 is 0.879 bits per heavy atom. The molecule has 0 N–H and O–H groups in total. The van der Waals surface area contributed by atoms with E-state index in [1.165, 1.54) is 10.8 Å². The fourth-order valence-corrected chi connectivity index (χ4v) is 3.70. The number of benzene rings is 4. The van der Waals surface area contributed by atoms with Crippen LogP contribution >= 0.6 is 0 Å². The summed E-state index contributed by atoms with van der Waals surface area (Å²) in [4.78, 5) is 16.7. The molecule has 0 atom stereocenters. The Balaban J connectivity index is 1.34. The first kappa shape index (κ1) is 20.5. The third kappa shape index (κ3) is 4.48. The normalized spacial score (nSPS) is 14.3. The van der Waals surface area contributed by atoms with E-state index in [2.05, 4.69) is 29.3 Å². The fraction of sp³-hybridized carbons (Fsp3) is 0.0714. The van der Waals surface area contributed by atoms with Crippen LogP contribution in [0.5, 0.6) is 11.5 Å². The van der Waals surface area contributed by atoms with Crippen molar-refractivity contribution in [3.63, 3.8) is 0 Å². The van der Waals surface area contributed by atoms with Gasteiger partial charge in [-0.1, -0.05) is 54.6 Å². The van der Waals surface area contributed by atoms with Crippen molar-refractivity contribution in [2.45, 2.75) is 6.61 Å². The average Bonchev–Trinajstić information content (AvgIpc) is 3.23. The van der Waals surface area contributed by atoms with Crippen molar-refractivity contribution in [3.8, 4) is 11.5 Å². The Morgan fingerprint density at radius 2 is 1.67 bits per heavy atom. The molecule has 4 aromatic carbocycles. The highest BCUT2D eigenvalue weighted by atomic mass is 16.6. The van der Waals surface area contributed by atoms with E-state index in [0.717, 1.165) is 16.9 Å². The number of nitrogens with zero attached hydrogens (tertiary/aromatic N) is 1. The van der Waals surface area contributed by atoms with Crippen LogP contribution in [0.4, 0.5) is 0 Å². The number of cyclic esters (lactones) is 1. The third-order valence-corrected chi connectivity index (χ3v) is 5.39. The fourth-order valence-electron chi connectivity index (χ4n) is 3.70. The van der Waals surface area contributed by atoms with Crippen molar-refractivity contribution in [3.05, 3.63) is 113 Å². The molecule has 5 nitrogen and oxygen atoms in total. The standard InChI is InChI=1S/C28H21NO4/c1-31-23-14-12-21(13-15-23)27-29-26(28(30)33-27)17-19-6-4-10-24(16-19)32-18-22-9-5-8-20-7-2-3-11-25(20)22/h2-17H,18H2,1H3. The molecule has 0 bridgehead atoms. The van der Waals surface area contributed by atoms with E-state index in [0.29, 0.717) is 17.9 Å². The van der Waals surface area contributed by atoms with Gasteiger partial charge in [-0.05, 0) is 64.4 Å². The van der Waals surface area contributed by atoms with Gasteiger partial charge >= 0.3 is 5.97 Å². The Morgan fingerprint density at radius 3 is 2.52 bits per heavy atom. The van der Waals surface area contributed by atoms with Crippen molar-refractivity contribution < 1.29 is 19.0 Å². The molecule has 0 unspecified atom stereocenters. The van der Waals surface area contributed by atoms with E-state index in [4.69, 9.17) is 14.2 Å². The number of fused-ring (bicyclic) bond motifs is 1.